The molecule has 17 heteroatoms. The van der Waals surface area contributed by atoms with Gasteiger partial charge in [0.1, 0.15) is 11.9 Å². The quantitative estimate of drug-likeness (QED) is 0.158. The number of fused-ring (bicyclic) bond motifs is 7. The van der Waals surface area contributed by atoms with Crippen molar-refractivity contribution in [3.8, 4) is 0 Å². The fraction of sp³-hybridized carbons (Fsp3) is 0.878. The van der Waals surface area contributed by atoms with E-state index in [1.165, 1.54) is 20.8 Å². The van der Waals surface area contributed by atoms with Crippen LogP contribution in [0.5, 0.6) is 0 Å². The summed E-state index contributed by atoms with van der Waals surface area (Å²) in [4.78, 5) is 77.2. The van der Waals surface area contributed by atoms with E-state index in [1.54, 1.807) is 13.8 Å². The summed E-state index contributed by atoms with van der Waals surface area (Å²) in [6.07, 6.45) is -5.06. The van der Waals surface area contributed by atoms with Gasteiger partial charge in [0.05, 0.1) is 31.0 Å². The molecule has 8 rings (SSSR count). The first-order chi connectivity index (χ1) is 31.0. The zero-order valence-electron chi connectivity index (χ0n) is 40.5. The van der Waals surface area contributed by atoms with Crippen LogP contribution in [-0.4, -0.2) is 122 Å². The molecule has 1 spiro atoms. The maximum atomic E-state index is 14.7. The standard InChI is InChI=1S/C49H72O17/c1-22-14-17-49(56-21-22)23(2)37-36(66-49)19-34-33-13-12-31-18-32(15-16-47(31,10)38(33)35(55)20-48(34,37)11)64-45-43(62-29(8)53)42(61-28(7)52)40(25(4)57-45)65-46-44(63-30(9)54)41(60-27(6)51)39(24(3)58-46)59-26(5)50/h22-25,31-34,36-46H,12-21H2,1-11H3/t22-,23?,24-,25-,31+,32+,33+,34+,36?,37?,38-,39-,40-,41+,42+,43-,44-,45+,46+,47+,48+,49-/m1/s1. The van der Waals surface area contributed by atoms with E-state index >= 15 is 0 Å². The van der Waals surface area contributed by atoms with Crippen molar-refractivity contribution in [2.45, 2.75) is 213 Å². The van der Waals surface area contributed by atoms with Crippen molar-refractivity contribution in [2.24, 2.45) is 52.3 Å². The zero-order chi connectivity index (χ0) is 47.8. The Morgan fingerprint density at radius 3 is 1.73 bits per heavy atom. The maximum absolute atomic E-state index is 14.7. The Bertz CT molecular complexity index is 1880. The highest BCUT2D eigenvalue weighted by molar-refractivity contribution is 5.84. The van der Waals surface area contributed by atoms with Crippen LogP contribution in [0.25, 0.3) is 0 Å². The largest absolute Gasteiger partial charge is 0.456 e. The Labute approximate surface area is 387 Å². The summed E-state index contributed by atoms with van der Waals surface area (Å²) < 4.78 is 67.7. The van der Waals surface area contributed by atoms with Gasteiger partial charge in [-0.05, 0) is 99.2 Å². The highest BCUT2D eigenvalue weighted by atomic mass is 16.8. The minimum Gasteiger partial charge on any atom is -0.456 e. The lowest BCUT2D eigenvalue weighted by molar-refractivity contribution is -0.359. The molecule has 8 fully saturated rings. The summed E-state index contributed by atoms with van der Waals surface area (Å²) in [7, 11) is 0. The van der Waals surface area contributed by atoms with Crippen LogP contribution in [0.1, 0.15) is 134 Å². The van der Waals surface area contributed by atoms with Crippen molar-refractivity contribution in [2.75, 3.05) is 6.61 Å². The third-order valence-corrected chi connectivity index (χ3v) is 17.1. The van der Waals surface area contributed by atoms with Crippen molar-refractivity contribution in [3.05, 3.63) is 0 Å². The molecular formula is C49H72O17. The molecule has 22 atom stereocenters. The van der Waals surface area contributed by atoms with Crippen molar-refractivity contribution in [1.29, 1.82) is 0 Å². The Balaban J connectivity index is 0.980. The average Bonchev–Trinajstić information content (AvgIpc) is 3.66. The lowest BCUT2D eigenvalue weighted by Crippen LogP contribution is -2.66. The zero-order valence-corrected chi connectivity index (χ0v) is 40.5. The molecule has 370 valence electrons. The normalized spacial score (nSPS) is 48.5. The molecule has 8 aliphatic rings. The van der Waals surface area contributed by atoms with E-state index in [2.05, 4.69) is 27.7 Å². The molecule has 66 heavy (non-hydrogen) atoms. The van der Waals surface area contributed by atoms with Crippen LogP contribution in [0.3, 0.4) is 0 Å². The topological polar surface area (TPSA) is 204 Å². The number of rotatable bonds is 9. The van der Waals surface area contributed by atoms with E-state index in [0.29, 0.717) is 43.5 Å². The van der Waals surface area contributed by atoms with Gasteiger partial charge in [-0.25, -0.2) is 0 Å². The number of carbonyl (C=O) groups is 6. The van der Waals surface area contributed by atoms with Crippen LogP contribution >= 0.6 is 0 Å². The smallest absolute Gasteiger partial charge is 0.303 e. The molecule has 4 heterocycles. The lowest BCUT2D eigenvalue weighted by Gasteiger charge is -2.60. The summed E-state index contributed by atoms with van der Waals surface area (Å²) in [5.74, 6) is -1.91. The minimum absolute atomic E-state index is 0.0542. The number of hydrogen-bond acceptors (Lipinski definition) is 17. The SMILES string of the molecule is CC(=O)O[C@@H]1[C@@H](OC(C)=O)[C@H](O[C@H]2[C@H](OC(C)=O)[C@@H](OC(C)=O)[C@H](O[C@H]3CC[C@@]4(C)[C@@H](CC[C@@H]5[C@@H]4C(=O)C[C@]4(C)C6C(C[C@@H]54)O[C@]4(CC[C@@H](C)CO4)C6C)C3)O[C@@H]2C)O[C@H](C)[C@H]1OC(C)=O. The highest BCUT2D eigenvalue weighted by Gasteiger charge is 2.71. The van der Waals surface area contributed by atoms with Gasteiger partial charge in [0.25, 0.3) is 0 Å². The van der Waals surface area contributed by atoms with Gasteiger partial charge in [-0.2, -0.15) is 0 Å². The molecule has 4 aliphatic carbocycles. The molecular weight excluding hydrogens is 861 g/mol. The Morgan fingerprint density at radius 2 is 1.15 bits per heavy atom. The Hall–Kier alpha value is -3.22. The minimum atomic E-state index is -1.47. The van der Waals surface area contributed by atoms with Gasteiger partial charge in [0, 0.05) is 59.3 Å². The molecule has 0 aromatic rings. The molecule has 0 radical (unpaired) electrons. The Kier molecular flexibility index (Phi) is 13.9. The summed E-state index contributed by atoms with van der Waals surface area (Å²) in [6.45, 7) is 19.1. The second-order valence-electron chi connectivity index (χ2n) is 21.6. The van der Waals surface area contributed by atoms with Gasteiger partial charge in [0.2, 0.25) is 0 Å². The van der Waals surface area contributed by atoms with E-state index in [1.807, 2.05) is 0 Å². The lowest BCUT2D eigenvalue weighted by atomic mass is 9.44. The fourth-order valence-electron chi connectivity index (χ4n) is 14.5. The van der Waals surface area contributed by atoms with E-state index in [0.717, 1.165) is 52.4 Å². The third kappa shape index (κ3) is 8.95. The summed E-state index contributed by atoms with van der Waals surface area (Å²) >= 11 is 0. The summed E-state index contributed by atoms with van der Waals surface area (Å²) in [5.41, 5.74) is -0.361. The number of Topliss-reactive ketones (excluding diaryl/α,β-unsaturated/α-hetero) is 1. The molecule has 4 aliphatic heterocycles. The number of hydrogen-bond donors (Lipinski definition) is 0. The molecule has 0 bridgehead atoms. The number of ether oxygens (including phenoxy) is 11. The van der Waals surface area contributed by atoms with E-state index < -0.39 is 97.0 Å². The van der Waals surface area contributed by atoms with Crippen LogP contribution in [0.4, 0.5) is 0 Å². The van der Waals surface area contributed by atoms with Gasteiger partial charge in [0.15, 0.2) is 48.9 Å². The third-order valence-electron chi connectivity index (χ3n) is 17.1. The molecule has 0 N–H and O–H groups in total. The second-order valence-corrected chi connectivity index (χ2v) is 21.6. The van der Waals surface area contributed by atoms with Gasteiger partial charge < -0.3 is 52.1 Å². The van der Waals surface area contributed by atoms with Crippen molar-refractivity contribution < 1.29 is 80.9 Å². The number of carbonyl (C=O) groups excluding carboxylic acids is 6. The van der Waals surface area contributed by atoms with Crippen molar-refractivity contribution >= 4 is 35.6 Å². The van der Waals surface area contributed by atoms with Crippen LogP contribution in [0, 0.1) is 52.3 Å². The first-order valence-electron chi connectivity index (χ1n) is 24.4. The predicted molar refractivity (Wildman–Crippen MR) is 228 cm³/mol. The van der Waals surface area contributed by atoms with Crippen LogP contribution < -0.4 is 0 Å². The highest BCUT2D eigenvalue weighted by Crippen LogP contribution is 2.70. The monoisotopic (exact) mass is 932 g/mol. The van der Waals surface area contributed by atoms with Gasteiger partial charge in [-0.1, -0.05) is 27.7 Å². The van der Waals surface area contributed by atoms with E-state index in [4.69, 9.17) is 52.1 Å². The molecule has 3 unspecified atom stereocenters. The predicted octanol–water partition coefficient (Wildman–Crippen LogP) is 5.53. The number of ketones is 1. The van der Waals surface area contributed by atoms with E-state index in [-0.39, 0.29) is 52.6 Å². The van der Waals surface area contributed by atoms with Gasteiger partial charge in [-0.3, -0.25) is 28.8 Å². The summed E-state index contributed by atoms with van der Waals surface area (Å²) in [5, 5.41) is 0. The van der Waals surface area contributed by atoms with Crippen LogP contribution in [-0.2, 0) is 80.9 Å². The molecule has 4 saturated heterocycles. The first-order valence-corrected chi connectivity index (χ1v) is 24.4. The van der Waals surface area contributed by atoms with Crippen molar-refractivity contribution in [3.63, 3.8) is 0 Å². The van der Waals surface area contributed by atoms with E-state index in [9.17, 15) is 28.8 Å². The van der Waals surface area contributed by atoms with Gasteiger partial charge >= 0.3 is 29.8 Å². The number of esters is 5. The summed E-state index contributed by atoms with van der Waals surface area (Å²) in [6, 6.07) is 0. The van der Waals surface area contributed by atoms with Crippen LogP contribution in [0.15, 0.2) is 0 Å². The second kappa shape index (κ2) is 18.6. The molecule has 0 amide bonds. The molecule has 17 nitrogen and oxygen atoms in total. The molecule has 0 aromatic carbocycles. The average molecular weight is 933 g/mol. The van der Waals surface area contributed by atoms with Gasteiger partial charge in [-0.15, -0.1) is 0 Å². The first kappa shape index (κ1) is 49.2. The van der Waals surface area contributed by atoms with Crippen molar-refractivity contribution in [1.82, 2.24) is 0 Å². The fourth-order valence-corrected chi connectivity index (χ4v) is 14.5. The molecule has 0 aromatic heterocycles. The molecule has 4 saturated carbocycles. The Morgan fingerprint density at radius 1 is 0.606 bits per heavy atom. The van der Waals surface area contributed by atoms with Crippen LogP contribution in [0.2, 0.25) is 0 Å². The maximum Gasteiger partial charge on any atom is 0.303 e.